The molecule has 3 aromatic rings. The van der Waals surface area contributed by atoms with E-state index in [1.54, 1.807) is 0 Å². The number of rotatable bonds is 2. The van der Waals surface area contributed by atoms with Crippen LogP contribution in [0.25, 0.3) is 11.1 Å². The van der Waals surface area contributed by atoms with E-state index >= 15 is 0 Å². The first-order chi connectivity index (χ1) is 13.8. The van der Waals surface area contributed by atoms with Gasteiger partial charge in [0.25, 0.3) is 0 Å². The van der Waals surface area contributed by atoms with Gasteiger partial charge >= 0.3 is 0 Å². The molecule has 1 N–H and O–H groups in total. The second-order valence-electron chi connectivity index (χ2n) is 10.2. The van der Waals surface area contributed by atoms with Gasteiger partial charge in [-0.05, 0) is 69.7 Å². The molecule has 29 heavy (non-hydrogen) atoms. The van der Waals surface area contributed by atoms with Crippen LogP contribution in [-0.2, 0) is 5.41 Å². The molecule has 0 saturated heterocycles. The fraction of sp³-hybridized carbons (Fsp3) is 0.357. The predicted octanol–water partition coefficient (Wildman–Crippen LogP) is 7.79. The first kappa shape index (κ1) is 18.5. The monoisotopic (exact) mass is 381 g/mol. The Hall–Kier alpha value is -2.54. The number of hydrogen-bond acceptors (Lipinski definition) is 1. The summed E-state index contributed by atoms with van der Waals surface area (Å²) in [5.41, 5.74) is 8.62. The number of anilines is 2. The number of fused-ring (bicyclic) bond motifs is 5. The second-order valence-corrected chi connectivity index (χ2v) is 10.2. The SMILES string of the molecule is CC1CC2(c3ccccc3-c3ccc(Nc4ccccc4)cc32)C(C)(C)C1(C)C. The molecule has 1 fully saturated rings. The van der Waals surface area contributed by atoms with Crippen LogP contribution in [-0.4, -0.2) is 0 Å². The molecule has 0 bridgehead atoms. The van der Waals surface area contributed by atoms with E-state index in [1.165, 1.54) is 34.4 Å². The van der Waals surface area contributed by atoms with Gasteiger partial charge in [0, 0.05) is 16.8 Å². The van der Waals surface area contributed by atoms with Crippen LogP contribution in [0, 0.1) is 16.7 Å². The highest BCUT2D eigenvalue weighted by molar-refractivity contribution is 5.84. The minimum Gasteiger partial charge on any atom is -0.356 e. The van der Waals surface area contributed by atoms with E-state index in [-0.39, 0.29) is 16.2 Å². The largest absolute Gasteiger partial charge is 0.356 e. The van der Waals surface area contributed by atoms with Gasteiger partial charge in [-0.25, -0.2) is 0 Å². The zero-order valence-corrected chi connectivity index (χ0v) is 18.2. The van der Waals surface area contributed by atoms with Crippen LogP contribution in [0.3, 0.4) is 0 Å². The number of nitrogens with one attached hydrogen (secondary N) is 1. The van der Waals surface area contributed by atoms with Crippen molar-refractivity contribution in [3.63, 3.8) is 0 Å². The lowest BCUT2D eigenvalue weighted by Crippen LogP contribution is -2.43. The average Bonchev–Trinajstić information content (AvgIpc) is 3.06. The normalized spacial score (nSPS) is 25.6. The van der Waals surface area contributed by atoms with Gasteiger partial charge in [0.15, 0.2) is 0 Å². The van der Waals surface area contributed by atoms with Crippen molar-refractivity contribution < 1.29 is 0 Å². The fourth-order valence-corrected chi connectivity index (χ4v) is 6.16. The van der Waals surface area contributed by atoms with Gasteiger partial charge in [-0.15, -0.1) is 0 Å². The van der Waals surface area contributed by atoms with Crippen LogP contribution in [0.1, 0.15) is 52.2 Å². The molecule has 2 unspecified atom stereocenters. The summed E-state index contributed by atoms with van der Waals surface area (Å²) in [6.45, 7) is 12.4. The molecular weight excluding hydrogens is 350 g/mol. The van der Waals surface area contributed by atoms with Crippen LogP contribution in [0.15, 0.2) is 72.8 Å². The summed E-state index contributed by atoms with van der Waals surface area (Å²) in [5, 5.41) is 3.63. The quantitative estimate of drug-likeness (QED) is 0.477. The Labute approximate surface area is 175 Å². The van der Waals surface area contributed by atoms with Crippen LogP contribution < -0.4 is 5.32 Å². The average molecular weight is 382 g/mol. The Morgan fingerprint density at radius 1 is 0.724 bits per heavy atom. The lowest BCUT2D eigenvalue weighted by Gasteiger charge is -2.48. The Kier molecular flexibility index (Phi) is 3.81. The molecule has 148 valence electrons. The van der Waals surface area contributed by atoms with E-state index in [0.29, 0.717) is 5.92 Å². The molecule has 0 heterocycles. The van der Waals surface area contributed by atoms with Crippen LogP contribution in [0.4, 0.5) is 11.4 Å². The second kappa shape index (κ2) is 5.98. The molecule has 0 aliphatic heterocycles. The first-order valence-corrected chi connectivity index (χ1v) is 10.9. The summed E-state index contributed by atoms with van der Waals surface area (Å²) in [6.07, 6.45) is 1.20. The number of para-hydroxylation sites is 1. The molecular formula is C28H31N. The maximum atomic E-state index is 3.63. The van der Waals surface area contributed by atoms with E-state index in [9.17, 15) is 0 Å². The minimum atomic E-state index is 0.0518. The molecule has 0 radical (unpaired) electrons. The van der Waals surface area contributed by atoms with Crippen molar-refractivity contribution in [1.29, 1.82) is 0 Å². The summed E-state index contributed by atoms with van der Waals surface area (Å²) in [5.74, 6) is 0.655. The molecule has 1 nitrogen and oxygen atoms in total. The van der Waals surface area contributed by atoms with Gasteiger partial charge in [-0.2, -0.15) is 0 Å². The lowest BCUT2D eigenvalue weighted by atomic mass is 9.55. The smallest absolute Gasteiger partial charge is 0.0387 e. The molecule has 3 aromatic carbocycles. The molecule has 1 spiro atoms. The van der Waals surface area contributed by atoms with Gasteiger partial charge in [0.1, 0.15) is 0 Å². The van der Waals surface area contributed by atoms with E-state index in [2.05, 4.69) is 113 Å². The van der Waals surface area contributed by atoms with Gasteiger partial charge in [0.05, 0.1) is 0 Å². The zero-order chi connectivity index (χ0) is 20.4. The van der Waals surface area contributed by atoms with Gasteiger partial charge in [-0.1, -0.05) is 83.1 Å². The highest BCUT2D eigenvalue weighted by Crippen LogP contribution is 2.72. The lowest BCUT2D eigenvalue weighted by molar-refractivity contribution is 0.0802. The standard InChI is InChI=1S/C28H31N/c1-19-18-28(27(4,5)26(19,2)3)24-14-10-9-13-22(24)23-16-15-21(17-25(23)28)29-20-11-7-6-8-12-20/h6-17,19,29H,18H2,1-5H3. The van der Waals surface area contributed by atoms with E-state index in [0.717, 1.165) is 5.69 Å². The van der Waals surface area contributed by atoms with Crippen molar-refractivity contribution >= 4 is 11.4 Å². The topological polar surface area (TPSA) is 12.0 Å². The van der Waals surface area contributed by atoms with Crippen LogP contribution in [0.5, 0.6) is 0 Å². The summed E-state index contributed by atoms with van der Waals surface area (Å²) < 4.78 is 0. The third-order valence-corrected chi connectivity index (χ3v) is 8.74. The molecule has 0 aromatic heterocycles. The van der Waals surface area contributed by atoms with Gasteiger partial charge in [-0.3, -0.25) is 0 Å². The molecule has 2 aliphatic rings. The Balaban J connectivity index is 1.73. The summed E-state index contributed by atoms with van der Waals surface area (Å²) >= 11 is 0. The molecule has 1 saturated carbocycles. The molecule has 2 atom stereocenters. The highest BCUT2D eigenvalue weighted by Gasteiger charge is 2.65. The third kappa shape index (κ3) is 2.28. The van der Waals surface area contributed by atoms with Crippen LogP contribution in [0.2, 0.25) is 0 Å². The van der Waals surface area contributed by atoms with Crippen LogP contribution >= 0.6 is 0 Å². The van der Waals surface area contributed by atoms with E-state index in [1.807, 2.05) is 0 Å². The van der Waals surface area contributed by atoms with Gasteiger partial charge in [0.2, 0.25) is 0 Å². The summed E-state index contributed by atoms with van der Waals surface area (Å²) in [4.78, 5) is 0. The van der Waals surface area contributed by atoms with Crippen molar-refractivity contribution in [2.45, 2.75) is 46.5 Å². The Morgan fingerprint density at radius 2 is 1.38 bits per heavy atom. The first-order valence-electron chi connectivity index (χ1n) is 10.9. The Morgan fingerprint density at radius 3 is 2.07 bits per heavy atom. The number of benzene rings is 3. The summed E-state index contributed by atoms with van der Waals surface area (Å²) in [6, 6.07) is 26.6. The molecule has 1 heteroatoms. The maximum Gasteiger partial charge on any atom is 0.0387 e. The van der Waals surface area contributed by atoms with E-state index < -0.39 is 0 Å². The van der Waals surface area contributed by atoms with Gasteiger partial charge < -0.3 is 5.32 Å². The number of hydrogen-bond donors (Lipinski definition) is 1. The van der Waals surface area contributed by atoms with E-state index in [4.69, 9.17) is 0 Å². The summed E-state index contributed by atoms with van der Waals surface area (Å²) in [7, 11) is 0. The van der Waals surface area contributed by atoms with Crippen molar-refractivity contribution in [1.82, 2.24) is 0 Å². The van der Waals surface area contributed by atoms with Crippen molar-refractivity contribution in [3.8, 4) is 11.1 Å². The zero-order valence-electron chi connectivity index (χ0n) is 18.2. The highest BCUT2D eigenvalue weighted by atomic mass is 14.9. The molecule has 0 amide bonds. The Bertz CT molecular complexity index is 1080. The molecule has 2 aliphatic carbocycles. The fourth-order valence-electron chi connectivity index (χ4n) is 6.16. The molecule has 5 rings (SSSR count). The maximum absolute atomic E-state index is 3.63. The predicted molar refractivity (Wildman–Crippen MR) is 124 cm³/mol. The van der Waals surface area contributed by atoms with Crippen molar-refractivity contribution in [3.05, 3.63) is 83.9 Å². The minimum absolute atomic E-state index is 0.0518. The third-order valence-electron chi connectivity index (χ3n) is 8.74. The van der Waals surface area contributed by atoms with Crippen molar-refractivity contribution in [2.75, 3.05) is 5.32 Å². The van der Waals surface area contributed by atoms with Crippen molar-refractivity contribution in [2.24, 2.45) is 16.7 Å².